The maximum Gasteiger partial charge on any atom is 0.276 e. The number of aliphatic hydroxyl groups is 1. The van der Waals surface area contributed by atoms with Gasteiger partial charge in [-0.25, -0.2) is 10.8 Å². The molecule has 0 radical (unpaired) electrons. The lowest BCUT2D eigenvalue weighted by Gasteiger charge is -2.25. The van der Waals surface area contributed by atoms with Gasteiger partial charge >= 0.3 is 0 Å². The average Bonchev–Trinajstić information content (AvgIpc) is 2.92. The van der Waals surface area contributed by atoms with Crippen molar-refractivity contribution in [2.45, 2.75) is 31.7 Å². The van der Waals surface area contributed by atoms with E-state index in [0.717, 1.165) is 32.2 Å². The number of nitro groups is 1. The van der Waals surface area contributed by atoms with Crippen LogP contribution in [0.1, 0.15) is 25.7 Å². The zero-order chi connectivity index (χ0) is 14.5. The number of nitrogens with two attached hydrogens (primary N) is 1. The second-order valence-corrected chi connectivity index (χ2v) is 4.83. The predicted molar refractivity (Wildman–Crippen MR) is 75.4 cm³/mol. The number of hydrazine groups is 1. The first-order valence-corrected chi connectivity index (χ1v) is 6.66. The van der Waals surface area contributed by atoms with Crippen molar-refractivity contribution >= 4 is 17.3 Å². The molecule has 1 aliphatic rings. The van der Waals surface area contributed by atoms with Crippen LogP contribution in [-0.4, -0.2) is 34.2 Å². The van der Waals surface area contributed by atoms with Crippen LogP contribution in [0, 0.1) is 10.1 Å². The maximum atomic E-state index is 10.9. The van der Waals surface area contributed by atoms with E-state index in [1.54, 1.807) is 0 Å². The highest BCUT2D eigenvalue weighted by Gasteiger charge is 2.26. The summed E-state index contributed by atoms with van der Waals surface area (Å²) in [6, 6.07) is 3.04. The number of aliphatic hydroxyl groups excluding tert-OH is 1. The zero-order valence-corrected chi connectivity index (χ0v) is 11.2. The summed E-state index contributed by atoms with van der Waals surface area (Å²) in [5, 5.41) is 19.9. The van der Waals surface area contributed by atoms with Crippen molar-refractivity contribution in [2.75, 3.05) is 23.5 Å². The molecule has 1 fully saturated rings. The minimum atomic E-state index is -0.454. The SMILES string of the molecule is NNc1cc([N+](=O)[O-])cc(N2CCCC2CCCO)n1. The average molecular weight is 281 g/mol. The third-order valence-electron chi connectivity index (χ3n) is 3.52. The normalized spacial score (nSPS) is 18.3. The monoisotopic (exact) mass is 281 g/mol. The van der Waals surface area contributed by atoms with Crippen molar-refractivity contribution in [3.8, 4) is 0 Å². The summed E-state index contributed by atoms with van der Waals surface area (Å²) in [5.74, 6) is 6.16. The molecule has 2 heterocycles. The molecule has 8 nitrogen and oxygen atoms in total. The van der Waals surface area contributed by atoms with Gasteiger partial charge in [-0.3, -0.25) is 10.1 Å². The first kappa shape index (κ1) is 14.5. The first-order valence-electron chi connectivity index (χ1n) is 6.66. The standard InChI is InChI=1S/C12H19N5O3/c13-15-11-7-10(17(19)20)8-12(14-11)16-5-1-3-9(16)4-2-6-18/h7-9,18H,1-6,13H2,(H,14,15). The number of hydrogen-bond acceptors (Lipinski definition) is 7. The number of pyridine rings is 1. The Bertz CT molecular complexity index is 482. The highest BCUT2D eigenvalue weighted by Crippen LogP contribution is 2.30. The highest BCUT2D eigenvalue weighted by molar-refractivity contribution is 5.56. The third kappa shape index (κ3) is 3.14. The predicted octanol–water partition coefficient (Wildman–Crippen LogP) is 1.02. The third-order valence-corrected chi connectivity index (χ3v) is 3.52. The van der Waals surface area contributed by atoms with Crippen LogP contribution in [0.25, 0.3) is 0 Å². The number of nitrogens with zero attached hydrogens (tertiary/aromatic N) is 3. The summed E-state index contributed by atoms with van der Waals surface area (Å²) in [5.41, 5.74) is 2.33. The number of aromatic nitrogens is 1. The smallest absolute Gasteiger partial charge is 0.276 e. The molecule has 0 amide bonds. The molecule has 20 heavy (non-hydrogen) atoms. The fraction of sp³-hybridized carbons (Fsp3) is 0.583. The molecule has 0 saturated carbocycles. The van der Waals surface area contributed by atoms with Crippen LogP contribution in [-0.2, 0) is 0 Å². The van der Waals surface area contributed by atoms with E-state index in [2.05, 4.69) is 15.3 Å². The van der Waals surface area contributed by atoms with Crippen molar-refractivity contribution < 1.29 is 10.0 Å². The van der Waals surface area contributed by atoms with Crippen molar-refractivity contribution in [1.82, 2.24) is 4.98 Å². The number of hydrogen-bond donors (Lipinski definition) is 3. The Morgan fingerprint density at radius 2 is 2.40 bits per heavy atom. The van der Waals surface area contributed by atoms with Gasteiger partial charge in [0.25, 0.3) is 5.69 Å². The Morgan fingerprint density at radius 1 is 1.60 bits per heavy atom. The molecule has 1 aromatic rings. The van der Waals surface area contributed by atoms with Gasteiger partial charge in [-0.05, 0) is 25.7 Å². The molecule has 4 N–H and O–H groups in total. The summed E-state index contributed by atoms with van der Waals surface area (Å²) in [4.78, 5) is 16.9. The second-order valence-electron chi connectivity index (χ2n) is 4.83. The van der Waals surface area contributed by atoms with Gasteiger partial charge in [-0.2, -0.15) is 0 Å². The fourth-order valence-electron chi connectivity index (χ4n) is 2.59. The lowest BCUT2D eigenvalue weighted by atomic mass is 10.1. The van der Waals surface area contributed by atoms with E-state index >= 15 is 0 Å². The molecular formula is C12H19N5O3. The molecule has 8 heteroatoms. The molecule has 0 aliphatic carbocycles. The molecular weight excluding hydrogens is 262 g/mol. The molecule has 1 unspecified atom stereocenters. The lowest BCUT2D eigenvalue weighted by molar-refractivity contribution is -0.384. The van der Waals surface area contributed by atoms with Crippen molar-refractivity contribution in [3.63, 3.8) is 0 Å². The molecule has 0 bridgehead atoms. The summed E-state index contributed by atoms with van der Waals surface area (Å²) >= 11 is 0. The molecule has 110 valence electrons. The van der Waals surface area contributed by atoms with Crippen LogP contribution in [0.15, 0.2) is 12.1 Å². The summed E-state index contributed by atoms with van der Waals surface area (Å²) in [7, 11) is 0. The number of nitrogens with one attached hydrogen (secondary N) is 1. The van der Waals surface area contributed by atoms with Crippen LogP contribution in [0.2, 0.25) is 0 Å². The van der Waals surface area contributed by atoms with Crippen LogP contribution < -0.4 is 16.2 Å². The summed E-state index contributed by atoms with van der Waals surface area (Å²) in [6.45, 7) is 0.969. The van der Waals surface area contributed by atoms with Crippen LogP contribution >= 0.6 is 0 Å². The Labute approximate surface area is 116 Å². The Morgan fingerprint density at radius 3 is 3.05 bits per heavy atom. The number of nitrogen functional groups attached to an aromatic ring is 1. The van der Waals surface area contributed by atoms with Crippen molar-refractivity contribution in [1.29, 1.82) is 0 Å². The van der Waals surface area contributed by atoms with Gasteiger partial charge < -0.3 is 15.4 Å². The summed E-state index contributed by atoms with van der Waals surface area (Å²) < 4.78 is 0. The second kappa shape index (κ2) is 6.49. The van der Waals surface area contributed by atoms with Gasteiger partial charge in [0, 0.05) is 19.2 Å². The van der Waals surface area contributed by atoms with Gasteiger partial charge in [0.05, 0.1) is 17.1 Å². The van der Waals surface area contributed by atoms with E-state index < -0.39 is 4.92 Å². The van der Waals surface area contributed by atoms with Crippen LogP contribution in [0.4, 0.5) is 17.3 Å². The van der Waals surface area contributed by atoms with E-state index in [1.807, 2.05) is 0 Å². The molecule has 1 aliphatic heterocycles. The van der Waals surface area contributed by atoms with E-state index in [-0.39, 0.29) is 24.2 Å². The quantitative estimate of drug-likeness (QED) is 0.404. The molecule has 1 saturated heterocycles. The summed E-state index contributed by atoms with van der Waals surface area (Å²) in [6.07, 6.45) is 3.60. The lowest BCUT2D eigenvalue weighted by Crippen LogP contribution is -2.30. The molecule has 2 rings (SSSR count). The minimum absolute atomic E-state index is 0.0317. The van der Waals surface area contributed by atoms with Gasteiger partial charge in [-0.1, -0.05) is 0 Å². The topological polar surface area (TPSA) is 118 Å². The van der Waals surface area contributed by atoms with E-state index in [4.69, 9.17) is 10.9 Å². The van der Waals surface area contributed by atoms with E-state index in [0.29, 0.717) is 5.82 Å². The first-order chi connectivity index (χ1) is 9.65. The zero-order valence-electron chi connectivity index (χ0n) is 11.2. The van der Waals surface area contributed by atoms with Gasteiger partial charge in [0.1, 0.15) is 11.6 Å². The highest BCUT2D eigenvalue weighted by atomic mass is 16.6. The van der Waals surface area contributed by atoms with E-state index in [1.165, 1.54) is 12.1 Å². The largest absolute Gasteiger partial charge is 0.396 e. The molecule has 0 spiro atoms. The molecule has 0 aromatic carbocycles. The fourth-order valence-corrected chi connectivity index (χ4v) is 2.59. The van der Waals surface area contributed by atoms with Gasteiger partial charge in [-0.15, -0.1) is 0 Å². The Hall–Kier alpha value is -1.93. The minimum Gasteiger partial charge on any atom is -0.396 e. The number of anilines is 2. The molecule has 1 aromatic heterocycles. The Balaban J connectivity index is 2.26. The molecule has 1 atom stereocenters. The Kier molecular flexibility index (Phi) is 4.70. The van der Waals surface area contributed by atoms with Crippen LogP contribution in [0.5, 0.6) is 0 Å². The van der Waals surface area contributed by atoms with Crippen molar-refractivity contribution in [3.05, 3.63) is 22.2 Å². The van der Waals surface area contributed by atoms with Gasteiger partial charge in [0.2, 0.25) is 0 Å². The van der Waals surface area contributed by atoms with Gasteiger partial charge in [0.15, 0.2) is 0 Å². The van der Waals surface area contributed by atoms with E-state index in [9.17, 15) is 10.1 Å². The van der Waals surface area contributed by atoms with Crippen LogP contribution in [0.3, 0.4) is 0 Å². The maximum absolute atomic E-state index is 10.9. The van der Waals surface area contributed by atoms with Crippen molar-refractivity contribution in [2.24, 2.45) is 5.84 Å². The number of rotatable bonds is 6.